The van der Waals surface area contributed by atoms with Crippen molar-refractivity contribution in [3.63, 3.8) is 0 Å². The van der Waals surface area contributed by atoms with Gasteiger partial charge in [0.25, 0.3) is 0 Å². The Morgan fingerprint density at radius 2 is 1.77 bits per heavy atom. The lowest BCUT2D eigenvalue weighted by atomic mass is 10.1. The molecule has 0 aliphatic heterocycles. The molecule has 112 valence electrons. The molecule has 2 aromatic carbocycles. The van der Waals surface area contributed by atoms with E-state index >= 15 is 0 Å². The number of benzene rings is 2. The van der Waals surface area contributed by atoms with E-state index in [4.69, 9.17) is 23.2 Å². The smallest absolute Gasteiger partial charge is 0.123 e. The monoisotopic (exact) mass is 334 g/mol. The molecule has 1 N–H and O–H groups in total. The van der Waals surface area contributed by atoms with Crippen molar-refractivity contribution in [1.82, 2.24) is 9.97 Å². The van der Waals surface area contributed by atoms with Gasteiger partial charge in [-0.15, -0.1) is 0 Å². The fourth-order valence-electron chi connectivity index (χ4n) is 2.33. The zero-order valence-electron chi connectivity index (χ0n) is 11.8. The van der Waals surface area contributed by atoms with Gasteiger partial charge in [-0.25, -0.2) is 9.37 Å². The Morgan fingerprint density at radius 1 is 1.05 bits per heavy atom. The van der Waals surface area contributed by atoms with Crippen LogP contribution in [0.4, 0.5) is 4.39 Å². The number of nitrogens with one attached hydrogen (secondary N) is 1. The average molecular weight is 335 g/mol. The zero-order valence-corrected chi connectivity index (χ0v) is 13.3. The fourth-order valence-corrected chi connectivity index (χ4v) is 2.62. The number of nitrogens with zero attached hydrogens (tertiary/aromatic N) is 1. The molecular weight excluding hydrogens is 322 g/mol. The van der Waals surface area contributed by atoms with Crippen LogP contribution >= 0.6 is 23.2 Å². The van der Waals surface area contributed by atoms with Crippen LogP contribution < -0.4 is 0 Å². The van der Waals surface area contributed by atoms with E-state index in [1.54, 1.807) is 24.3 Å². The van der Waals surface area contributed by atoms with Crippen molar-refractivity contribution in [1.29, 1.82) is 0 Å². The summed E-state index contributed by atoms with van der Waals surface area (Å²) in [6.07, 6.45) is 0.614. The highest BCUT2D eigenvalue weighted by molar-refractivity contribution is 6.42. The highest BCUT2D eigenvalue weighted by Gasteiger charge is 2.11. The van der Waals surface area contributed by atoms with Crippen LogP contribution in [0, 0.1) is 12.7 Å². The van der Waals surface area contributed by atoms with Crippen LogP contribution in [0.15, 0.2) is 42.5 Å². The van der Waals surface area contributed by atoms with Crippen molar-refractivity contribution in [3.8, 4) is 11.3 Å². The van der Waals surface area contributed by atoms with Gasteiger partial charge < -0.3 is 4.98 Å². The van der Waals surface area contributed by atoms with Gasteiger partial charge in [0, 0.05) is 17.7 Å². The first kappa shape index (κ1) is 15.1. The number of hydrogen-bond acceptors (Lipinski definition) is 1. The van der Waals surface area contributed by atoms with E-state index in [2.05, 4.69) is 9.97 Å². The molecule has 0 atom stereocenters. The Kier molecular flexibility index (Phi) is 4.19. The Hall–Kier alpha value is -1.84. The molecule has 0 radical (unpaired) electrons. The summed E-state index contributed by atoms with van der Waals surface area (Å²) in [6, 6.07) is 11.9. The Balaban J connectivity index is 1.90. The summed E-state index contributed by atoms with van der Waals surface area (Å²) in [4.78, 5) is 7.88. The standard InChI is InChI=1S/C17H13Cl2FN2/c1-10-17(12-4-7-14(18)15(19)9-12)22-16(21-10)8-11-2-5-13(20)6-3-11/h2-7,9H,8H2,1H3,(H,21,22). The molecule has 5 heteroatoms. The van der Waals surface area contributed by atoms with Gasteiger partial charge in [0.15, 0.2) is 0 Å². The molecule has 22 heavy (non-hydrogen) atoms. The molecule has 3 rings (SSSR count). The molecule has 1 aromatic heterocycles. The third kappa shape index (κ3) is 3.16. The van der Waals surface area contributed by atoms with Crippen LogP contribution in [-0.4, -0.2) is 9.97 Å². The minimum absolute atomic E-state index is 0.240. The molecule has 0 amide bonds. The van der Waals surface area contributed by atoms with Gasteiger partial charge in [0.05, 0.1) is 15.7 Å². The molecule has 0 saturated heterocycles. The summed E-state index contributed by atoms with van der Waals surface area (Å²) in [5.74, 6) is 0.584. The summed E-state index contributed by atoms with van der Waals surface area (Å²) in [5.41, 5.74) is 3.70. The van der Waals surface area contributed by atoms with Crippen molar-refractivity contribution in [2.45, 2.75) is 13.3 Å². The number of halogens is 3. The average Bonchev–Trinajstić information content (AvgIpc) is 2.85. The summed E-state index contributed by atoms with van der Waals surface area (Å²) < 4.78 is 12.9. The lowest BCUT2D eigenvalue weighted by Crippen LogP contribution is -1.91. The minimum atomic E-state index is -0.240. The van der Waals surface area contributed by atoms with Gasteiger partial charge in [-0.3, -0.25) is 0 Å². The second-order valence-corrected chi connectivity index (χ2v) is 5.90. The van der Waals surface area contributed by atoms with Crippen molar-refractivity contribution < 1.29 is 4.39 Å². The summed E-state index contributed by atoms with van der Waals surface area (Å²) in [7, 11) is 0. The normalized spacial score (nSPS) is 10.9. The number of aromatic nitrogens is 2. The zero-order chi connectivity index (χ0) is 15.7. The van der Waals surface area contributed by atoms with E-state index in [1.165, 1.54) is 12.1 Å². The second kappa shape index (κ2) is 6.11. The van der Waals surface area contributed by atoms with Crippen molar-refractivity contribution in [2.75, 3.05) is 0 Å². The first-order chi connectivity index (χ1) is 10.5. The number of aryl methyl sites for hydroxylation is 1. The van der Waals surface area contributed by atoms with Crippen molar-refractivity contribution >= 4 is 23.2 Å². The number of rotatable bonds is 3. The summed E-state index contributed by atoms with van der Waals surface area (Å²) in [5, 5.41) is 1.02. The number of aromatic amines is 1. The molecule has 3 aromatic rings. The van der Waals surface area contributed by atoms with Gasteiger partial charge >= 0.3 is 0 Å². The summed E-state index contributed by atoms with van der Waals surface area (Å²) in [6.45, 7) is 1.96. The van der Waals surface area contributed by atoms with Crippen LogP contribution in [0.5, 0.6) is 0 Å². The summed E-state index contributed by atoms with van der Waals surface area (Å²) >= 11 is 12.0. The van der Waals surface area contributed by atoms with Crippen molar-refractivity contribution in [2.24, 2.45) is 0 Å². The molecule has 1 heterocycles. The van der Waals surface area contributed by atoms with Crippen LogP contribution in [0.2, 0.25) is 10.0 Å². The van der Waals surface area contributed by atoms with Crippen LogP contribution in [0.3, 0.4) is 0 Å². The molecular formula is C17H13Cl2FN2. The maximum absolute atomic E-state index is 12.9. The van der Waals surface area contributed by atoms with Crippen LogP contribution in [-0.2, 0) is 6.42 Å². The van der Waals surface area contributed by atoms with Gasteiger partial charge in [0.1, 0.15) is 11.6 Å². The van der Waals surface area contributed by atoms with Crippen LogP contribution in [0.25, 0.3) is 11.3 Å². The maximum Gasteiger partial charge on any atom is 0.123 e. The van der Waals surface area contributed by atoms with Gasteiger partial charge in [-0.1, -0.05) is 41.4 Å². The molecule has 0 aliphatic rings. The first-order valence-corrected chi connectivity index (χ1v) is 7.54. The minimum Gasteiger partial charge on any atom is -0.345 e. The van der Waals surface area contributed by atoms with E-state index in [9.17, 15) is 4.39 Å². The van der Waals surface area contributed by atoms with E-state index in [-0.39, 0.29) is 5.82 Å². The highest BCUT2D eigenvalue weighted by Crippen LogP contribution is 2.29. The SMILES string of the molecule is Cc1[nH]c(Cc2ccc(F)cc2)nc1-c1ccc(Cl)c(Cl)c1. The van der Waals surface area contributed by atoms with Gasteiger partial charge in [-0.05, 0) is 36.8 Å². The second-order valence-electron chi connectivity index (χ2n) is 5.09. The van der Waals surface area contributed by atoms with Gasteiger partial charge in [-0.2, -0.15) is 0 Å². The van der Waals surface area contributed by atoms with E-state index in [0.717, 1.165) is 28.3 Å². The molecule has 0 aliphatic carbocycles. The van der Waals surface area contributed by atoms with E-state index in [1.807, 2.05) is 13.0 Å². The predicted octanol–water partition coefficient (Wildman–Crippen LogP) is 5.42. The van der Waals surface area contributed by atoms with E-state index in [0.29, 0.717) is 16.5 Å². The topological polar surface area (TPSA) is 28.7 Å². The largest absolute Gasteiger partial charge is 0.345 e. The fraction of sp³-hybridized carbons (Fsp3) is 0.118. The number of hydrogen-bond donors (Lipinski definition) is 1. The highest BCUT2D eigenvalue weighted by atomic mass is 35.5. The Bertz CT molecular complexity index is 810. The molecule has 0 spiro atoms. The lowest BCUT2D eigenvalue weighted by molar-refractivity contribution is 0.627. The Morgan fingerprint density at radius 3 is 2.45 bits per heavy atom. The lowest BCUT2D eigenvalue weighted by Gasteiger charge is -2.01. The Labute approximate surface area is 137 Å². The molecule has 0 bridgehead atoms. The molecule has 0 fully saturated rings. The van der Waals surface area contributed by atoms with Gasteiger partial charge in [0.2, 0.25) is 0 Å². The molecule has 0 unspecified atom stereocenters. The molecule has 0 saturated carbocycles. The van der Waals surface area contributed by atoms with Crippen LogP contribution in [0.1, 0.15) is 17.1 Å². The molecule has 2 nitrogen and oxygen atoms in total. The third-order valence-corrected chi connectivity index (χ3v) is 4.15. The van der Waals surface area contributed by atoms with E-state index < -0.39 is 0 Å². The first-order valence-electron chi connectivity index (χ1n) is 6.78. The third-order valence-electron chi connectivity index (χ3n) is 3.41. The predicted molar refractivity (Wildman–Crippen MR) is 88.0 cm³/mol. The quantitative estimate of drug-likeness (QED) is 0.680. The number of imidazole rings is 1. The van der Waals surface area contributed by atoms with Crippen molar-refractivity contribution in [3.05, 3.63) is 75.4 Å². The maximum atomic E-state index is 12.9. The number of H-pyrrole nitrogens is 1.